The van der Waals surface area contributed by atoms with Crippen LogP contribution in [0.25, 0.3) is 11.2 Å². The summed E-state index contributed by atoms with van der Waals surface area (Å²) in [5.74, 6) is 0.138. The van der Waals surface area contributed by atoms with Crippen LogP contribution in [-0.4, -0.2) is 102 Å². The van der Waals surface area contributed by atoms with Gasteiger partial charge in [0.25, 0.3) is 0 Å². The zero-order chi connectivity index (χ0) is 32.6. The molecular weight excluding hydrogens is 582 g/mol. The molecule has 1 aliphatic heterocycles. The minimum absolute atomic E-state index is 0.231. The van der Waals surface area contributed by atoms with Gasteiger partial charge in [-0.05, 0) is 12.3 Å². The topological polar surface area (TPSA) is 215 Å². The first kappa shape index (κ1) is 36.6. The molecule has 14 nitrogen and oxygen atoms in total. The molecule has 45 heavy (non-hydrogen) atoms. The van der Waals surface area contributed by atoms with E-state index in [4.69, 9.17) is 4.74 Å². The van der Waals surface area contributed by atoms with Crippen LogP contribution >= 0.6 is 0 Å². The van der Waals surface area contributed by atoms with Gasteiger partial charge in [0, 0.05) is 6.42 Å². The molecule has 2 amide bonds. The van der Waals surface area contributed by atoms with Gasteiger partial charge in [-0.2, -0.15) is 0 Å². The van der Waals surface area contributed by atoms with E-state index in [9.17, 15) is 30.0 Å². The number of aliphatic hydroxyl groups is 4. The van der Waals surface area contributed by atoms with Crippen LogP contribution in [0.3, 0.4) is 0 Å². The molecule has 0 aliphatic carbocycles. The standard InChI is InChI=1S/C31H53N7O7/c1-20(2)14-12-10-8-6-4-3-5-7-9-11-13-15-22(41)32-16-23(42)37-24-26(43)27(44)31(45-28(24)21(40)17-39)38-30-25-29(34-18-33-25)35-19-36-30/h18-21,24,26-28,31,39-40,43-44H,3-17H2,1-2H3,(H,32,41)(H,37,42)(H2,33,34,35,36,38)/t21-,24+,26+,27+,28-,31-/m0/s1. The third-order valence-corrected chi connectivity index (χ3v) is 8.21. The number of nitrogens with one attached hydrogen (secondary N) is 4. The maximum Gasteiger partial charge on any atom is 0.239 e. The highest BCUT2D eigenvalue weighted by Gasteiger charge is 2.48. The molecule has 0 aromatic carbocycles. The molecule has 14 heteroatoms. The number of amides is 2. The van der Waals surface area contributed by atoms with Gasteiger partial charge < -0.3 is 46.1 Å². The maximum absolute atomic E-state index is 12.7. The first-order chi connectivity index (χ1) is 21.7. The predicted octanol–water partition coefficient (Wildman–Crippen LogP) is 1.89. The van der Waals surface area contributed by atoms with Crippen LogP contribution in [0.5, 0.6) is 0 Å². The van der Waals surface area contributed by atoms with Crippen LogP contribution < -0.4 is 16.0 Å². The number of carbonyl (C=O) groups is 2. The quantitative estimate of drug-likeness (QED) is 0.0927. The van der Waals surface area contributed by atoms with Crippen molar-refractivity contribution < 1.29 is 34.8 Å². The number of carbonyl (C=O) groups excluding carboxylic acids is 2. The molecule has 0 spiro atoms. The number of nitrogens with zero attached hydrogens (tertiary/aromatic N) is 3. The Bertz CT molecular complexity index is 1150. The van der Waals surface area contributed by atoms with E-state index in [2.05, 4.69) is 49.7 Å². The van der Waals surface area contributed by atoms with Crippen LogP contribution in [0.15, 0.2) is 12.7 Å². The Morgan fingerprint density at radius 3 is 2.20 bits per heavy atom. The molecule has 1 saturated heterocycles. The summed E-state index contributed by atoms with van der Waals surface area (Å²) in [5, 5.41) is 49.6. The van der Waals surface area contributed by atoms with Gasteiger partial charge in [0.2, 0.25) is 11.8 Å². The number of hydrogen-bond donors (Lipinski definition) is 8. The zero-order valence-electron chi connectivity index (χ0n) is 26.7. The largest absolute Gasteiger partial charge is 0.394 e. The van der Waals surface area contributed by atoms with Gasteiger partial charge >= 0.3 is 0 Å². The normalized spacial score (nSPS) is 22.4. The molecule has 0 saturated carbocycles. The fourth-order valence-corrected chi connectivity index (χ4v) is 5.58. The molecule has 2 aromatic heterocycles. The highest BCUT2D eigenvalue weighted by Crippen LogP contribution is 2.26. The lowest BCUT2D eigenvalue weighted by Gasteiger charge is -2.44. The van der Waals surface area contributed by atoms with Crippen molar-refractivity contribution in [2.45, 2.75) is 134 Å². The summed E-state index contributed by atoms with van der Waals surface area (Å²) in [6.45, 7) is 3.48. The van der Waals surface area contributed by atoms with Crippen LogP contribution in [0.2, 0.25) is 0 Å². The van der Waals surface area contributed by atoms with Crippen molar-refractivity contribution in [1.29, 1.82) is 0 Å². The van der Waals surface area contributed by atoms with Crippen LogP contribution in [0.1, 0.15) is 97.3 Å². The Morgan fingerprint density at radius 2 is 1.56 bits per heavy atom. The Balaban J connectivity index is 1.33. The number of fused-ring (bicyclic) bond motifs is 1. The number of anilines is 1. The molecule has 3 rings (SSSR count). The first-order valence-corrected chi connectivity index (χ1v) is 16.5. The lowest BCUT2D eigenvalue weighted by atomic mass is 9.92. The van der Waals surface area contributed by atoms with Gasteiger partial charge in [-0.15, -0.1) is 0 Å². The summed E-state index contributed by atoms with van der Waals surface area (Å²) >= 11 is 0. The van der Waals surface area contributed by atoms with Gasteiger partial charge in [-0.25, -0.2) is 15.0 Å². The Kier molecular flexibility index (Phi) is 15.9. The average Bonchev–Trinajstić information content (AvgIpc) is 3.51. The highest BCUT2D eigenvalue weighted by atomic mass is 16.5. The molecule has 3 heterocycles. The summed E-state index contributed by atoms with van der Waals surface area (Å²) in [7, 11) is 0. The number of hydrogen-bond acceptors (Lipinski definition) is 11. The van der Waals surface area contributed by atoms with Gasteiger partial charge in [-0.3, -0.25) is 9.59 Å². The fourth-order valence-electron chi connectivity index (χ4n) is 5.58. The van der Waals surface area contributed by atoms with E-state index in [1.807, 2.05) is 0 Å². The van der Waals surface area contributed by atoms with E-state index >= 15 is 0 Å². The lowest BCUT2D eigenvalue weighted by Crippen LogP contribution is -2.68. The second kappa shape index (κ2) is 19.6. The second-order valence-electron chi connectivity index (χ2n) is 12.4. The fraction of sp³-hybridized carbons (Fsp3) is 0.774. The van der Waals surface area contributed by atoms with Crippen LogP contribution in [0.4, 0.5) is 5.82 Å². The summed E-state index contributed by atoms with van der Waals surface area (Å²) in [4.78, 5) is 40.0. The molecule has 254 valence electrons. The summed E-state index contributed by atoms with van der Waals surface area (Å²) < 4.78 is 5.80. The van der Waals surface area contributed by atoms with Gasteiger partial charge in [-0.1, -0.05) is 84.5 Å². The predicted molar refractivity (Wildman–Crippen MR) is 169 cm³/mol. The smallest absolute Gasteiger partial charge is 0.239 e. The Hall–Kier alpha value is -2.91. The molecule has 1 aliphatic rings. The lowest BCUT2D eigenvalue weighted by molar-refractivity contribution is -0.204. The van der Waals surface area contributed by atoms with Crippen molar-refractivity contribution in [3.63, 3.8) is 0 Å². The number of aromatic amines is 1. The molecule has 0 bridgehead atoms. The van der Waals surface area contributed by atoms with Crippen molar-refractivity contribution in [1.82, 2.24) is 30.6 Å². The van der Waals surface area contributed by atoms with Crippen LogP contribution in [0, 0.1) is 5.92 Å². The number of rotatable bonds is 21. The number of unbranched alkanes of at least 4 members (excludes halogenated alkanes) is 10. The van der Waals surface area contributed by atoms with Crippen molar-refractivity contribution >= 4 is 28.8 Å². The van der Waals surface area contributed by atoms with Crippen LogP contribution in [-0.2, 0) is 14.3 Å². The van der Waals surface area contributed by atoms with E-state index < -0.39 is 49.2 Å². The van der Waals surface area contributed by atoms with Crippen molar-refractivity contribution in [2.75, 3.05) is 18.5 Å². The van der Waals surface area contributed by atoms with E-state index in [1.165, 1.54) is 70.4 Å². The minimum atomic E-state index is -1.59. The molecule has 8 N–H and O–H groups in total. The van der Waals surface area contributed by atoms with Crippen molar-refractivity contribution in [2.24, 2.45) is 5.92 Å². The molecule has 0 radical (unpaired) electrons. The monoisotopic (exact) mass is 635 g/mol. The summed E-state index contributed by atoms with van der Waals surface area (Å²) in [6, 6.07) is -1.27. The van der Waals surface area contributed by atoms with Gasteiger partial charge in [0.05, 0.1) is 25.5 Å². The molecule has 0 unspecified atom stereocenters. The summed E-state index contributed by atoms with van der Waals surface area (Å²) in [6.07, 6.45) is 10.2. The first-order valence-electron chi connectivity index (χ1n) is 16.5. The average molecular weight is 636 g/mol. The number of aliphatic hydroxyl groups excluding tert-OH is 4. The van der Waals surface area contributed by atoms with E-state index in [-0.39, 0.29) is 18.3 Å². The molecular formula is C31H53N7O7. The SMILES string of the molecule is CC(C)CCCCCCCCCCCCCC(=O)NCC(=O)N[C@@H]1[C@@H](O)[C@@H](O)[C@@H](Nc2ncnc3nc[nH]c23)O[C@H]1[C@@H](O)CO. The summed E-state index contributed by atoms with van der Waals surface area (Å²) in [5.41, 5.74) is 0.795. The Morgan fingerprint density at radius 1 is 0.911 bits per heavy atom. The third kappa shape index (κ3) is 12.1. The maximum atomic E-state index is 12.7. The van der Waals surface area contributed by atoms with Crippen molar-refractivity contribution in [3.8, 4) is 0 Å². The zero-order valence-corrected chi connectivity index (χ0v) is 26.7. The number of H-pyrrole nitrogens is 1. The highest BCUT2D eigenvalue weighted by molar-refractivity contribution is 5.85. The Labute approximate surface area is 265 Å². The number of imidazole rings is 1. The van der Waals surface area contributed by atoms with Gasteiger partial charge in [0.15, 0.2) is 17.7 Å². The number of aromatic nitrogens is 4. The minimum Gasteiger partial charge on any atom is -0.394 e. The van der Waals surface area contributed by atoms with E-state index in [1.54, 1.807) is 0 Å². The van der Waals surface area contributed by atoms with Gasteiger partial charge in [0.1, 0.15) is 36.3 Å². The number of ether oxygens (including phenoxy) is 1. The molecule has 2 aromatic rings. The molecule has 6 atom stereocenters. The van der Waals surface area contributed by atoms with E-state index in [0.29, 0.717) is 17.6 Å². The van der Waals surface area contributed by atoms with E-state index in [0.717, 1.165) is 25.2 Å². The van der Waals surface area contributed by atoms with Crippen molar-refractivity contribution in [3.05, 3.63) is 12.7 Å². The second-order valence-corrected chi connectivity index (χ2v) is 12.4. The molecule has 1 fully saturated rings. The third-order valence-electron chi connectivity index (χ3n) is 8.21.